The molecule has 1 aliphatic heterocycles. The van der Waals surface area contributed by atoms with Crippen molar-refractivity contribution < 1.29 is 0 Å². The molecule has 6 heteroatoms. The highest BCUT2D eigenvalue weighted by Crippen LogP contribution is 2.26. The highest BCUT2D eigenvalue weighted by molar-refractivity contribution is 6.17. The molecule has 0 N–H and O–H groups in total. The lowest BCUT2D eigenvalue weighted by molar-refractivity contribution is 0.619. The Balaban J connectivity index is 1.74. The van der Waals surface area contributed by atoms with Crippen LogP contribution >= 0.6 is 11.6 Å². The summed E-state index contributed by atoms with van der Waals surface area (Å²) < 4.78 is 1.95. The van der Waals surface area contributed by atoms with Crippen LogP contribution in [0.5, 0.6) is 0 Å². The van der Waals surface area contributed by atoms with Gasteiger partial charge in [-0.15, -0.1) is 11.6 Å². The summed E-state index contributed by atoms with van der Waals surface area (Å²) in [5.74, 6) is 2.72. The van der Waals surface area contributed by atoms with Gasteiger partial charge in [0.05, 0.1) is 11.6 Å². The van der Waals surface area contributed by atoms with E-state index in [2.05, 4.69) is 25.9 Å². The van der Waals surface area contributed by atoms with E-state index in [9.17, 15) is 0 Å². The van der Waals surface area contributed by atoms with Crippen LogP contribution < -0.4 is 9.80 Å². The summed E-state index contributed by atoms with van der Waals surface area (Å²) in [6, 6.07) is 6.05. The van der Waals surface area contributed by atoms with E-state index in [0.717, 1.165) is 49.1 Å². The van der Waals surface area contributed by atoms with Gasteiger partial charge in [0.1, 0.15) is 11.6 Å². The number of nitrogens with zero attached hydrogens (tertiary/aromatic N) is 5. The first-order valence-electron chi connectivity index (χ1n) is 7.20. The number of alkyl halides is 1. The molecule has 0 saturated carbocycles. The van der Waals surface area contributed by atoms with E-state index in [1.807, 2.05) is 37.0 Å². The van der Waals surface area contributed by atoms with E-state index in [4.69, 9.17) is 11.6 Å². The summed E-state index contributed by atoms with van der Waals surface area (Å²) in [6.07, 6.45) is 1.85. The number of anilines is 2. The molecular formula is C15H20ClN5. The third-order valence-electron chi connectivity index (χ3n) is 4.00. The predicted molar refractivity (Wildman–Crippen MR) is 86.2 cm³/mol. The minimum atomic E-state index is 0.509. The monoisotopic (exact) mass is 305 g/mol. The molecule has 2 aromatic rings. The molecule has 0 aromatic carbocycles. The van der Waals surface area contributed by atoms with E-state index < -0.39 is 0 Å². The molecule has 2 aromatic heterocycles. The fourth-order valence-corrected chi connectivity index (χ4v) is 3.24. The normalized spacial score (nSPS) is 15.6. The van der Waals surface area contributed by atoms with Gasteiger partial charge in [-0.2, -0.15) is 5.10 Å². The van der Waals surface area contributed by atoms with Gasteiger partial charge in [0.25, 0.3) is 0 Å². The summed E-state index contributed by atoms with van der Waals surface area (Å²) in [5.41, 5.74) is 2.17. The van der Waals surface area contributed by atoms with Crippen LogP contribution in [0.15, 0.2) is 24.4 Å². The summed E-state index contributed by atoms with van der Waals surface area (Å²) in [5, 5.41) is 4.50. The van der Waals surface area contributed by atoms with Crippen LogP contribution in [0.2, 0.25) is 0 Å². The molecule has 1 fully saturated rings. The summed E-state index contributed by atoms with van der Waals surface area (Å²) in [6.45, 7) is 5.86. The van der Waals surface area contributed by atoms with Gasteiger partial charge in [-0.05, 0) is 19.1 Å². The highest BCUT2D eigenvalue weighted by Gasteiger charge is 2.23. The first-order valence-corrected chi connectivity index (χ1v) is 7.73. The SMILES string of the molecule is Cc1nn(C)c(N2CCN(c3ccccn3)CC2)c1CCl. The first kappa shape index (κ1) is 14.2. The number of pyridine rings is 1. The van der Waals surface area contributed by atoms with Gasteiger partial charge in [-0.1, -0.05) is 6.07 Å². The second-order valence-corrected chi connectivity index (χ2v) is 5.57. The number of aromatic nitrogens is 3. The number of hydrogen-bond acceptors (Lipinski definition) is 4. The van der Waals surface area contributed by atoms with Crippen LogP contribution in [-0.4, -0.2) is 40.9 Å². The predicted octanol–water partition coefficient (Wildman–Crippen LogP) is 2.19. The van der Waals surface area contributed by atoms with E-state index in [1.54, 1.807) is 0 Å². The van der Waals surface area contributed by atoms with Gasteiger partial charge in [-0.3, -0.25) is 4.68 Å². The average molecular weight is 306 g/mol. The van der Waals surface area contributed by atoms with Gasteiger partial charge in [0.15, 0.2) is 0 Å². The number of hydrogen-bond donors (Lipinski definition) is 0. The summed E-state index contributed by atoms with van der Waals surface area (Å²) in [4.78, 5) is 9.12. The minimum Gasteiger partial charge on any atom is -0.353 e. The second kappa shape index (κ2) is 5.93. The largest absolute Gasteiger partial charge is 0.353 e. The van der Waals surface area contributed by atoms with Crippen molar-refractivity contribution in [3.63, 3.8) is 0 Å². The number of halogens is 1. The standard InChI is InChI=1S/C15H20ClN5/c1-12-13(11-16)15(19(2)18-12)21-9-7-20(8-10-21)14-5-3-4-6-17-14/h3-6H,7-11H2,1-2H3. The van der Waals surface area contributed by atoms with Crippen LogP contribution in [0.3, 0.4) is 0 Å². The Morgan fingerprint density at radius 1 is 1.14 bits per heavy atom. The first-order chi connectivity index (χ1) is 10.2. The zero-order valence-electron chi connectivity index (χ0n) is 12.5. The lowest BCUT2D eigenvalue weighted by atomic mass is 10.2. The van der Waals surface area contributed by atoms with E-state index >= 15 is 0 Å². The van der Waals surface area contributed by atoms with E-state index in [1.165, 1.54) is 0 Å². The maximum absolute atomic E-state index is 6.09. The Labute approximate surface area is 130 Å². The van der Waals surface area contributed by atoms with Crippen molar-refractivity contribution in [1.29, 1.82) is 0 Å². The van der Waals surface area contributed by atoms with Gasteiger partial charge in [0, 0.05) is 45.0 Å². The van der Waals surface area contributed by atoms with Crippen molar-refractivity contribution in [3.05, 3.63) is 35.7 Å². The Morgan fingerprint density at radius 2 is 1.86 bits per heavy atom. The van der Waals surface area contributed by atoms with Crippen LogP contribution in [0.25, 0.3) is 0 Å². The van der Waals surface area contributed by atoms with Crippen molar-refractivity contribution >= 4 is 23.2 Å². The molecule has 0 amide bonds. The second-order valence-electron chi connectivity index (χ2n) is 5.31. The zero-order valence-corrected chi connectivity index (χ0v) is 13.2. The number of aryl methyl sites for hydroxylation is 2. The third kappa shape index (κ3) is 2.70. The van der Waals surface area contributed by atoms with E-state index in [-0.39, 0.29) is 0 Å². The third-order valence-corrected chi connectivity index (χ3v) is 4.27. The topological polar surface area (TPSA) is 37.2 Å². The molecule has 3 heterocycles. The molecule has 0 spiro atoms. The minimum absolute atomic E-state index is 0.509. The molecule has 1 saturated heterocycles. The molecule has 0 unspecified atom stereocenters. The Hall–Kier alpha value is -1.75. The fourth-order valence-electron chi connectivity index (χ4n) is 2.93. The van der Waals surface area contributed by atoms with Crippen LogP contribution in [0, 0.1) is 6.92 Å². The maximum Gasteiger partial charge on any atom is 0.131 e. The maximum atomic E-state index is 6.09. The van der Waals surface area contributed by atoms with Crippen LogP contribution in [0.1, 0.15) is 11.3 Å². The molecule has 0 radical (unpaired) electrons. The molecule has 0 atom stereocenters. The van der Waals surface area contributed by atoms with Gasteiger partial charge < -0.3 is 9.80 Å². The zero-order chi connectivity index (χ0) is 14.8. The lowest BCUT2D eigenvalue weighted by Crippen LogP contribution is -2.47. The highest BCUT2D eigenvalue weighted by atomic mass is 35.5. The van der Waals surface area contributed by atoms with Crippen molar-refractivity contribution in [2.24, 2.45) is 7.05 Å². The van der Waals surface area contributed by atoms with Gasteiger partial charge >= 0.3 is 0 Å². The molecular weight excluding hydrogens is 286 g/mol. The Bertz CT molecular complexity index is 602. The number of piperazine rings is 1. The van der Waals surface area contributed by atoms with Crippen LogP contribution in [0.4, 0.5) is 11.6 Å². The Morgan fingerprint density at radius 3 is 2.48 bits per heavy atom. The van der Waals surface area contributed by atoms with Gasteiger partial charge in [0.2, 0.25) is 0 Å². The van der Waals surface area contributed by atoms with Crippen LogP contribution in [-0.2, 0) is 12.9 Å². The molecule has 3 rings (SSSR count). The molecule has 0 bridgehead atoms. The van der Waals surface area contributed by atoms with Gasteiger partial charge in [-0.25, -0.2) is 4.98 Å². The number of rotatable bonds is 3. The van der Waals surface area contributed by atoms with Crippen molar-refractivity contribution in [1.82, 2.24) is 14.8 Å². The smallest absolute Gasteiger partial charge is 0.131 e. The molecule has 1 aliphatic rings. The van der Waals surface area contributed by atoms with Crippen molar-refractivity contribution in [2.45, 2.75) is 12.8 Å². The molecule has 0 aliphatic carbocycles. The molecule has 5 nitrogen and oxygen atoms in total. The Kier molecular flexibility index (Phi) is 4.01. The summed E-state index contributed by atoms with van der Waals surface area (Å²) in [7, 11) is 1.99. The quantitative estimate of drug-likeness (QED) is 0.815. The lowest BCUT2D eigenvalue weighted by Gasteiger charge is -2.36. The summed E-state index contributed by atoms with van der Waals surface area (Å²) >= 11 is 6.09. The molecule has 21 heavy (non-hydrogen) atoms. The fraction of sp³-hybridized carbons (Fsp3) is 0.467. The van der Waals surface area contributed by atoms with Crippen molar-refractivity contribution in [3.8, 4) is 0 Å². The molecule has 112 valence electrons. The van der Waals surface area contributed by atoms with Crippen molar-refractivity contribution in [2.75, 3.05) is 36.0 Å². The van der Waals surface area contributed by atoms with E-state index in [0.29, 0.717) is 5.88 Å². The average Bonchev–Trinajstić information content (AvgIpc) is 2.82.